The zero-order valence-electron chi connectivity index (χ0n) is 26.5. The van der Waals surface area contributed by atoms with Gasteiger partial charge in [-0.25, -0.2) is 0 Å². The van der Waals surface area contributed by atoms with Crippen LogP contribution in [0.1, 0.15) is 127 Å². The summed E-state index contributed by atoms with van der Waals surface area (Å²) in [5.74, 6) is 1.63. The van der Waals surface area contributed by atoms with Gasteiger partial charge in [0.15, 0.2) is 0 Å². The highest BCUT2D eigenvalue weighted by Crippen LogP contribution is 2.75. The molecule has 5 aliphatic rings. The molecule has 4 fully saturated rings. The number of rotatable bonds is 4. The third-order valence-corrected chi connectivity index (χ3v) is 14.1. The van der Waals surface area contributed by atoms with E-state index in [0.29, 0.717) is 34.7 Å². The molecule has 2 unspecified atom stereocenters. The minimum atomic E-state index is -0.215. The van der Waals surface area contributed by atoms with Gasteiger partial charge in [0.05, 0.1) is 25.7 Å². The molecule has 9 atom stereocenters. The lowest BCUT2D eigenvalue weighted by Gasteiger charge is -2.72. The SMILES string of the molecule is COC(=O)C(C)COC1CCC(C)(C)[C@@H]2CC[C@]3(C)[C@H](CC=C4[C@@H]5CC(C)(C)CC[C@]5(C)CC[C@]43C)[C@@]12C. The summed E-state index contributed by atoms with van der Waals surface area (Å²) >= 11 is 0. The third-order valence-electron chi connectivity index (χ3n) is 14.1. The fourth-order valence-corrected chi connectivity index (χ4v) is 11.3. The molecule has 5 aliphatic carbocycles. The lowest BCUT2D eigenvalue weighted by molar-refractivity contribution is -0.232. The normalized spacial score (nSPS) is 47.9. The molecule has 0 amide bonds. The number of carbonyl (C=O) groups excluding carboxylic acids is 1. The summed E-state index contributed by atoms with van der Waals surface area (Å²) in [6, 6.07) is 0. The quantitative estimate of drug-likeness (QED) is 0.271. The first-order valence-corrected chi connectivity index (χ1v) is 15.9. The number of hydrogen-bond donors (Lipinski definition) is 0. The maximum atomic E-state index is 12.2. The van der Waals surface area contributed by atoms with Gasteiger partial charge in [-0.2, -0.15) is 0 Å². The minimum Gasteiger partial charge on any atom is -0.469 e. The van der Waals surface area contributed by atoms with Crippen LogP contribution in [-0.4, -0.2) is 25.8 Å². The Morgan fingerprint density at radius 2 is 1.61 bits per heavy atom. The van der Waals surface area contributed by atoms with E-state index in [4.69, 9.17) is 9.47 Å². The molecular formula is C35H58O3. The predicted octanol–water partition coefficient (Wildman–Crippen LogP) is 9.00. The molecule has 0 aromatic rings. The Bertz CT molecular complexity index is 978. The van der Waals surface area contributed by atoms with Crippen molar-refractivity contribution in [3.05, 3.63) is 11.6 Å². The van der Waals surface area contributed by atoms with Gasteiger partial charge >= 0.3 is 5.97 Å². The van der Waals surface area contributed by atoms with Gasteiger partial charge in [-0.1, -0.05) is 67.0 Å². The maximum Gasteiger partial charge on any atom is 0.310 e. The highest BCUT2D eigenvalue weighted by molar-refractivity contribution is 5.71. The zero-order valence-corrected chi connectivity index (χ0v) is 26.5. The predicted molar refractivity (Wildman–Crippen MR) is 156 cm³/mol. The fraction of sp³-hybridized carbons (Fsp3) is 0.914. The van der Waals surface area contributed by atoms with Crippen molar-refractivity contribution >= 4 is 5.97 Å². The fourth-order valence-electron chi connectivity index (χ4n) is 11.3. The van der Waals surface area contributed by atoms with Gasteiger partial charge in [0.25, 0.3) is 0 Å². The van der Waals surface area contributed by atoms with E-state index in [2.05, 4.69) is 61.5 Å². The molecule has 3 nitrogen and oxygen atoms in total. The molecule has 0 bridgehead atoms. The standard InChI is InChI=1S/C35H58O3/c1-23(29(36)37-10)22-38-28-14-15-31(4,5)26-13-16-34(8)27(35(26,28)9)12-11-24-25-21-30(2,3)17-18-32(25,6)19-20-33(24,34)7/h11,23,25-28H,12-22H2,1-10H3/t23?,25-,26-,27-,28?,32+,33+,34+,35-/m0/s1. The topological polar surface area (TPSA) is 35.5 Å². The van der Waals surface area contributed by atoms with Crippen molar-refractivity contribution in [2.24, 2.45) is 56.2 Å². The van der Waals surface area contributed by atoms with Crippen LogP contribution in [0.2, 0.25) is 0 Å². The average Bonchev–Trinajstić information content (AvgIpc) is 2.84. The minimum absolute atomic E-state index is 0.113. The highest BCUT2D eigenvalue weighted by atomic mass is 16.5. The first kappa shape index (κ1) is 28.7. The van der Waals surface area contributed by atoms with Crippen LogP contribution in [-0.2, 0) is 14.3 Å². The molecule has 0 radical (unpaired) electrons. The van der Waals surface area contributed by atoms with E-state index in [1.54, 1.807) is 0 Å². The number of esters is 1. The Kier molecular flexibility index (Phi) is 6.86. The van der Waals surface area contributed by atoms with Crippen molar-refractivity contribution in [3.63, 3.8) is 0 Å². The van der Waals surface area contributed by atoms with E-state index in [-0.39, 0.29) is 34.2 Å². The van der Waals surface area contributed by atoms with Gasteiger partial charge in [-0.05, 0) is 116 Å². The number of hydrogen-bond acceptors (Lipinski definition) is 3. The van der Waals surface area contributed by atoms with Crippen molar-refractivity contribution in [2.75, 3.05) is 13.7 Å². The van der Waals surface area contributed by atoms with Crippen molar-refractivity contribution in [1.82, 2.24) is 0 Å². The summed E-state index contributed by atoms with van der Waals surface area (Å²) in [5, 5.41) is 0. The van der Waals surface area contributed by atoms with Gasteiger partial charge in [-0.3, -0.25) is 4.79 Å². The number of ether oxygens (including phenoxy) is 2. The maximum absolute atomic E-state index is 12.2. The summed E-state index contributed by atoms with van der Waals surface area (Å²) in [6.07, 6.45) is 16.0. The Morgan fingerprint density at radius 1 is 0.921 bits per heavy atom. The van der Waals surface area contributed by atoms with Crippen LogP contribution >= 0.6 is 0 Å². The van der Waals surface area contributed by atoms with Gasteiger partial charge in [0.2, 0.25) is 0 Å². The van der Waals surface area contributed by atoms with Crippen LogP contribution in [0.5, 0.6) is 0 Å². The highest BCUT2D eigenvalue weighted by Gasteiger charge is 2.69. The molecule has 3 heteroatoms. The summed E-state index contributed by atoms with van der Waals surface area (Å²) < 4.78 is 11.8. The molecule has 0 spiro atoms. The summed E-state index contributed by atoms with van der Waals surface area (Å²) in [6.45, 7) is 23.1. The number of allylic oxidation sites excluding steroid dienone is 2. The van der Waals surface area contributed by atoms with Gasteiger partial charge < -0.3 is 9.47 Å². The van der Waals surface area contributed by atoms with Gasteiger partial charge in [0, 0.05) is 5.41 Å². The van der Waals surface area contributed by atoms with Crippen molar-refractivity contribution in [1.29, 1.82) is 0 Å². The zero-order chi connectivity index (χ0) is 27.9. The molecule has 4 saturated carbocycles. The Balaban J connectivity index is 1.53. The monoisotopic (exact) mass is 526 g/mol. The molecular weight excluding hydrogens is 468 g/mol. The van der Waals surface area contributed by atoms with Gasteiger partial charge in [-0.15, -0.1) is 0 Å². The molecule has 0 aromatic heterocycles. The van der Waals surface area contributed by atoms with E-state index in [9.17, 15) is 4.79 Å². The molecule has 5 rings (SSSR count). The summed E-state index contributed by atoms with van der Waals surface area (Å²) in [4.78, 5) is 12.2. The second-order valence-electron chi connectivity index (χ2n) is 17.0. The largest absolute Gasteiger partial charge is 0.469 e. The molecule has 0 saturated heterocycles. The lowest BCUT2D eigenvalue weighted by atomic mass is 9.33. The third kappa shape index (κ3) is 4.01. The van der Waals surface area contributed by atoms with E-state index in [1.807, 2.05) is 12.5 Å². The first-order chi connectivity index (χ1) is 17.5. The van der Waals surface area contributed by atoms with E-state index < -0.39 is 0 Å². The van der Waals surface area contributed by atoms with Crippen LogP contribution < -0.4 is 0 Å². The van der Waals surface area contributed by atoms with Gasteiger partial charge in [0.1, 0.15) is 0 Å². The molecule has 0 N–H and O–H groups in total. The molecule has 0 aliphatic heterocycles. The second-order valence-corrected chi connectivity index (χ2v) is 17.0. The first-order valence-electron chi connectivity index (χ1n) is 15.9. The van der Waals surface area contributed by atoms with Crippen LogP contribution in [0.15, 0.2) is 11.6 Å². The lowest BCUT2D eigenvalue weighted by Crippen LogP contribution is -2.66. The van der Waals surface area contributed by atoms with Crippen LogP contribution in [0, 0.1) is 56.2 Å². The van der Waals surface area contributed by atoms with E-state index in [0.717, 1.165) is 12.3 Å². The molecule has 216 valence electrons. The van der Waals surface area contributed by atoms with Crippen LogP contribution in [0.3, 0.4) is 0 Å². The molecule has 0 heterocycles. The number of carbonyl (C=O) groups is 1. The second kappa shape index (κ2) is 9.09. The number of methoxy groups -OCH3 is 1. The van der Waals surface area contributed by atoms with Crippen molar-refractivity contribution in [2.45, 2.75) is 133 Å². The molecule has 0 aromatic carbocycles. The summed E-state index contributed by atoms with van der Waals surface area (Å²) in [7, 11) is 1.49. The van der Waals surface area contributed by atoms with Crippen LogP contribution in [0.4, 0.5) is 0 Å². The van der Waals surface area contributed by atoms with E-state index in [1.165, 1.54) is 64.9 Å². The van der Waals surface area contributed by atoms with Crippen molar-refractivity contribution in [3.8, 4) is 0 Å². The van der Waals surface area contributed by atoms with Crippen molar-refractivity contribution < 1.29 is 14.3 Å². The van der Waals surface area contributed by atoms with Crippen LogP contribution in [0.25, 0.3) is 0 Å². The smallest absolute Gasteiger partial charge is 0.310 e. The number of fused-ring (bicyclic) bond motifs is 7. The van der Waals surface area contributed by atoms with E-state index >= 15 is 0 Å². The Labute approximate surface area is 234 Å². The average molecular weight is 527 g/mol. The summed E-state index contributed by atoms with van der Waals surface area (Å²) in [5.41, 5.74) is 3.77. The Morgan fingerprint density at radius 3 is 2.29 bits per heavy atom. The molecule has 38 heavy (non-hydrogen) atoms. The Hall–Kier alpha value is -0.830.